The lowest BCUT2D eigenvalue weighted by atomic mass is 10.0. The van der Waals surface area contributed by atoms with Crippen molar-refractivity contribution in [2.24, 2.45) is 0 Å². The molecule has 0 fully saturated rings. The SMILES string of the molecule is CC.CC.CC.CC.CC.CC.CC.Cc1cc(C)c2ncccc2c1.Cc1ccc(C)c2cnccc12.Cc1ccc(C)c2cnccc12.Cc1ccc(C)c2ncccc12.Cc1ccc(C)c2ncccc12.Cc1cnc(C)c2ccccc12.Cc1cnc(C)c2ccccc12. The third-order valence-electron chi connectivity index (χ3n) is 15.3. The predicted molar refractivity (Wildman–Crippen MR) is 438 cm³/mol. The number of fused-ring (bicyclic) bond motifs is 7. The van der Waals surface area contributed by atoms with Crippen LogP contribution in [0.5, 0.6) is 0 Å². The summed E-state index contributed by atoms with van der Waals surface area (Å²) in [6.45, 7) is 57.4. The van der Waals surface area contributed by atoms with Gasteiger partial charge in [0.1, 0.15) is 0 Å². The van der Waals surface area contributed by atoms with Crippen molar-refractivity contribution in [2.75, 3.05) is 0 Å². The number of rotatable bonds is 0. The van der Waals surface area contributed by atoms with E-state index in [-0.39, 0.29) is 0 Å². The van der Waals surface area contributed by atoms with Crippen molar-refractivity contribution in [3.05, 3.63) is 292 Å². The first-order valence-electron chi connectivity index (χ1n) is 35.7. The average Bonchev–Trinajstić information content (AvgIpc) is 0.894. The van der Waals surface area contributed by atoms with E-state index >= 15 is 0 Å². The summed E-state index contributed by atoms with van der Waals surface area (Å²) >= 11 is 0. The minimum absolute atomic E-state index is 1.11. The maximum Gasteiger partial charge on any atom is 0.0733 e. The van der Waals surface area contributed by atoms with Crippen molar-refractivity contribution >= 4 is 75.8 Å². The molecule has 0 amide bonds. The van der Waals surface area contributed by atoms with Crippen LogP contribution in [0.3, 0.4) is 0 Å². The van der Waals surface area contributed by atoms with Gasteiger partial charge >= 0.3 is 0 Å². The van der Waals surface area contributed by atoms with Gasteiger partial charge in [-0.3, -0.25) is 34.9 Å². The van der Waals surface area contributed by atoms with Gasteiger partial charge in [-0.1, -0.05) is 224 Å². The predicted octanol–water partition coefficient (Wildman–Crippen LogP) is 27.1. The minimum atomic E-state index is 1.11. The summed E-state index contributed by atoms with van der Waals surface area (Å²) in [5.74, 6) is 0. The first-order valence-corrected chi connectivity index (χ1v) is 35.7. The molecule has 14 aromatic rings. The van der Waals surface area contributed by atoms with Crippen LogP contribution in [0.4, 0.5) is 0 Å². The van der Waals surface area contributed by atoms with Crippen LogP contribution in [0.15, 0.2) is 213 Å². The zero-order chi connectivity index (χ0) is 73.9. The van der Waals surface area contributed by atoms with Gasteiger partial charge in [-0.25, -0.2) is 0 Å². The molecule has 0 saturated carbocycles. The molecule has 7 aromatic heterocycles. The van der Waals surface area contributed by atoms with Crippen LogP contribution < -0.4 is 0 Å². The van der Waals surface area contributed by atoms with Gasteiger partial charge < -0.3 is 0 Å². The van der Waals surface area contributed by atoms with Crippen molar-refractivity contribution in [1.29, 1.82) is 0 Å². The second kappa shape index (κ2) is 48.2. The topological polar surface area (TPSA) is 90.2 Å². The summed E-state index contributed by atoms with van der Waals surface area (Å²) in [6.07, 6.45) is 16.9. The Morgan fingerprint density at radius 1 is 0.194 bits per heavy atom. The van der Waals surface area contributed by atoms with E-state index < -0.39 is 0 Å². The standard InChI is InChI=1S/7C11H11N.7C2H6/c2*1-8-3-4-9(2)11-7-12-6-5-10(8)11;2*1-8-5-6-9(2)11-10(8)4-3-7-12-11;1-8-6-9(2)11-10(7-8)4-3-5-12-11;2*1-8-7-12-9(2)11-6-4-3-5-10(8)11;7*1-2/h7*3-7H,1-2H3;7*1-2H3. The monoisotopic (exact) mass is 1310 g/mol. The van der Waals surface area contributed by atoms with Gasteiger partial charge in [0, 0.05) is 105 Å². The summed E-state index contributed by atoms with van der Waals surface area (Å²) in [4.78, 5) is 29.8. The van der Waals surface area contributed by atoms with Gasteiger partial charge in [-0.2, -0.15) is 0 Å². The lowest BCUT2D eigenvalue weighted by molar-refractivity contribution is 1.21. The van der Waals surface area contributed by atoms with Crippen LogP contribution in [0, 0.1) is 96.9 Å². The fourth-order valence-electron chi connectivity index (χ4n) is 10.4. The molecule has 7 aromatic carbocycles. The van der Waals surface area contributed by atoms with E-state index in [1.165, 1.54) is 126 Å². The van der Waals surface area contributed by atoms with Crippen LogP contribution >= 0.6 is 0 Å². The number of hydrogen-bond acceptors (Lipinski definition) is 7. The second-order valence-electron chi connectivity index (χ2n) is 21.7. The van der Waals surface area contributed by atoms with E-state index in [2.05, 4.69) is 257 Å². The normalized spacial score (nSPS) is 9.43. The van der Waals surface area contributed by atoms with Crippen molar-refractivity contribution in [2.45, 2.75) is 194 Å². The van der Waals surface area contributed by atoms with Crippen LogP contribution in [-0.4, -0.2) is 34.9 Å². The van der Waals surface area contributed by atoms with Gasteiger partial charge in [0.05, 0.1) is 16.6 Å². The van der Waals surface area contributed by atoms with Gasteiger partial charge in [0.25, 0.3) is 0 Å². The molecule has 0 atom stereocenters. The molecule has 0 N–H and O–H groups in total. The maximum atomic E-state index is 4.34. The second-order valence-corrected chi connectivity index (χ2v) is 21.7. The van der Waals surface area contributed by atoms with Crippen LogP contribution in [-0.2, 0) is 0 Å². The molecule has 0 bridgehead atoms. The van der Waals surface area contributed by atoms with Gasteiger partial charge in [0.15, 0.2) is 0 Å². The minimum Gasteiger partial charge on any atom is -0.264 e. The van der Waals surface area contributed by atoms with E-state index in [0.29, 0.717) is 0 Å². The molecule has 0 spiro atoms. The molecule has 7 heteroatoms. The summed E-state index contributed by atoms with van der Waals surface area (Å²) in [5, 5.41) is 14.0. The third kappa shape index (κ3) is 25.4. The summed E-state index contributed by atoms with van der Waals surface area (Å²) < 4.78 is 0. The lowest BCUT2D eigenvalue weighted by Gasteiger charge is -2.03. The van der Waals surface area contributed by atoms with Gasteiger partial charge in [-0.05, 0) is 216 Å². The van der Waals surface area contributed by atoms with Crippen molar-refractivity contribution in [1.82, 2.24) is 34.9 Å². The molecule has 98 heavy (non-hydrogen) atoms. The number of hydrogen-bond donors (Lipinski definition) is 0. The van der Waals surface area contributed by atoms with E-state index in [1.54, 1.807) is 0 Å². The summed E-state index contributed by atoms with van der Waals surface area (Å²) in [6, 6.07) is 54.6. The number of aromatic nitrogens is 7. The Morgan fingerprint density at radius 2 is 0.480 bits per heavy atom. The van der Waals surface area contributed by atoms with Crippen LogP contribution in [0.2, 0.25) is 0 Å². The Labute approximate surface area is 592 Å². The van der Waals surface area contributed by atoms with E-state index in [4.69, 9.17) is 0 Å². The first-order chi connectivity index (χ1) is 47.5. The average molecular weight is 1310 g/mol. The van der Waals surface area contributed by atoms with E-state index in [9.17, 15) is 0 Å². The highest BCUT2D eigenvalue weighted by molar-refractivity contribution is 5.90. The number of benzene rings is 7. The Morgan fingerprint density at radius 3 is 0.816 bits per heavy atom. The molecular formula is C91H119N7. The number of nitrogens with zero attached hydrogens (tertiary/aromatic N) is 7. The quantitative estimate of drug-likeness (QED) is 0.149. The van der Waals surface area contributed by atoms with Gasteiger partial charge in [-0.15, -0.1) is 0 Å². The van der Waals surface area contributed by atoms with E-state index in [1.807, 2.05) is 185 Å². The van der Waals surface area contributed by atoms with Crippen LogP contribution in [0.1, 0.15) is 175 Å². The molecule has 518 valence electrons. The Hall–Kier alpha value is -9.59. The zero-order valence-corrected chi connectivity index (χ0v) is 65.3. The Kier molecular flexibility index (Phi) is 42.5. The third-order valence-corrected chi connectivity index (χ3v) is 15.3. The molecule has 0 radical (unpaired) electrons. The molecule has 0 unspecified atom stereocenters. The Bertz CT molecular complexity index is 3680. The zero-order valence-electron chi connectivity index (χ0n) is 65.3. The molecule has 14 rings (SSSR count). The molecule has 0 aliphatic carbocycles. The van der Waals surface area contributed by atoms with Crippen molar-refractivity contribution in [3.8, 4) is 0 Å². The van der Waals surface area contributed by atoms with Gasteiger partial charge in [0.2, 0.25) is 0 Å². The maximum absolute atomic E-state index is 4.34. The first kappa shape index (κ1) is 86.4. The molecule has 0 aliphatic heterocycles. The highest BCUT2D eigenvalue weighted by Gasteiger charge is 2.04. The lowest BCUT2D eigenvalue weighted by Crippen LogP contribution is -1.86. The summed E-state index contributed by atoms with van der Waals surface area (Å²) in [7, 11) is 0. The van der Waals surface area contributed by atoms with E-state index in [0.717, 1.165) is 27.9 Å². The van der Waals surface area contributed by atoms with Crippen molar-refractivity contribution in [3.63, 3.8) is 0 Å². The number of pyridine rings is 7. The molecule has 7 heterocycles. The van der Waals surface area contributed by atoms with Crippen LogP contribution in [0.25, 0.3) is 75.8 Å². The van der Waals surface area contributed by atoms with Crippen molar-refractivity contribution < 1.29 is 0 Å². The smallest absolute Gasteiger partial charge is 0.0733 e. The molecule has 0 saturated heterocycles. The largest absolute Gasteiger partial charge is 0.264 e. The number of aryl methyl sites for hydroxylation is 14. The highest BCUT2D eigenvalue weighted by Crippen LogP contribution is 2.25. The Balaban J connectivity index is 0.000000554. The molecule has 7 nitrogen and oxygen atoms in total. The molecular weight excluding hydrogens is 1190 g/mol. The highest BCUT2D eigenvalue weighted by atomic mass is 14.7. The summed E-state index contributed by atoms with van der Waals surface area (Å²) in [5.41, 5.74) is 20.9. The fraction of sp³-hybridized carbons (Fsp3) is 0.308. The fourth-order valence-corrected chi connectivity index (χ4v) is 10.4. The molecule has 0 aliphatic rings.